The molecule has 0 radical (unpaired) electrons. The Balaban J connectivity index is 1.57. The molecule has 1 spiro atoms. The van der Waals surface area contributed by atoms with Crippen LogP contribution in [-0.2, 0) is 9.57 Å². The van der Waals surface area contributed by atoms with E-state index in [1.54, 1.807) is 0 Å². The normalized spacial score (nSPS) is 40.0. The summed E-state index contributed by atoms with van der Waals surface area (Å²) in [6, 6.07) is 10.9. The zero-order valence-electron chi connectivity index (χ0n) is 12.5. The Labute approximate surface area is 120 Å². The maximum atomic E-state index is 6.27. The van der Waals surface area contributed by atoms with Gasteiger partial charge in [0.1, 0.15) is 5.72 Å². The molecule has 2 aliphatic heterocycles. The monoisotopic (exact) mass is 273 g/mol. The van der Waals surface area contributed by atoms with Gasteiger partial charge in [-0.15, -0.1) is 0 Å². The van der Waals surface area contributed by atoms with Crippen LogP contribution in [0.5, 0.6) is 0 Å². The largest absolute Gasteiger partial charge is 0.326 e. The van der Waals surface area contributed by atoms with Crippen LogP contribution in [-0.4, -0.2) is 23.1 Å². The molecule has 0 N–H and O–H groups in total. The Morgan fingerprint density at radius 1 is 1.20 bits per heavy atom. The van der Waals surface area contributed by atoms with E-state index in [2.05, 4.69) is 42.3 Å². The molecule has 0 amide bonds. The fourth-order valence-electron chi connectivity index (χ4n) is 4.55. The summed E-state index contributed by atoms with van der Waals surface area (Å²) >= 11 is 0. The highest BCUT2D eigenvalue weighted by Gasteiger charge is 2.64. The van der Waals surface area contributed by atoms with Crippen LogP contribution in [0.1, 0.15) is 45.1 Å². The van der Waals surface area contributed by atoms with Gasteiger partial charge in [-0.05, 0) is 50.0 Å². The van der Waals surface area contributed by atoms with E-state index in [1.165, 1.54) is 5.56 Å². The molecule has 4 atom stereocenters. The van der Waals surface area contributed by atoms with E-state index >= 15 is 0 Å². The van der Waals surface area contributed by atoms with E-state index in [9.17, 15) is 0 Å². The molecule has 4 rings (SSSR count). The number of ether oxygens (including phenoxy) is 1. The van der Waals surface area contributed by atoms with Crippen LogP contribution in [0.15, 0.2) is 30.3 Å². The van der Waals surface area contributed by atoms with E-state index in [4.69, 9.17) is 9.57 Å². The Morgan fingerprint density at radius 2 is 1.95 bits per heavy atom. The summed E-state index contributed by atoms with van der Waals surface area (Å²) in [5.41, 5.74) is 1.30. The molecule has 2 bridgehead atoms. The van der Waals surface area contributed by atoms with Crippen molar-refractivity contribution < 1.29 is 9.57 Å². The summed E-state index contributed by atoms with van der Waals surface area (Å²) in [6.07, 6.45) is 2.22. The molecule has 3 nitrogen and oxygen atoms in total. The number of hydrogen-bond acceptors (Lipinski definition) is 3. The molecular formula is C17H23NO2. The molecule has 2 heterocycles. The molecule has 1 aliphatic carbocycles. The predicted octanol–water partition coefficient (Wildman–Crippen LogP) is 3.53. The van der Waals surface area contributed by atoms with Gasteiger partial charge in [0, 0.05) is 6.54 Å². The second-order valence-corrected chi connectivity index (χ2v) is 7.13. The Morgan fingerprint density at radius 3 is 2.70 bits per heavy atom. The molecule has 3 heteroatoms. The van der Waals surface area contributed by atoms with Crippen LogP contribution < -0.4 is 0 Å². The molecule has 2 unspecified atom stereocenters. The van der Waals surface area contributed by atoms with Gasteiger partial charge in [-0.3, -0.25) is 4.84 Å². The zero-order chi connectivity index (χ0) is 14.0. The number of nitrogens with zero attached hydrogens (tertiary/aromatic N) is 1. The quantitative estimate of drug-likeness (QED) is 0.823. The van der Waals surface area contributed by atoms with E-state index in [-0.39, 0.29) is 5.72 Å². The van der Waals surface area contributed by atoms with Crippen LogP contribution in [0.3, 0.4) is 0 Å². The van der Waals surface area contributed by atoms with Crippen LogP contribution in [0.25, 0.3) is 0 Å². The Kier molecular flexibility index (Phi) is 2.60. The van der Waals surface area contributed by atoms with Gasteiger partial charge in [0.2, 0.25) is 0 Å². The van der Waals surface area contributed by atoms with Crippen molar-refractivity contribution in [1.82, 2.24) is 5.06 Å². The van der Waals surface area contributed by atoms with Crippen molar-refractivity contribution in [3.8, 4) is 0 Å². The molecule has 2 saturated heterocycles. The van der Waals surface area contributed by atoms with Crippen LogP contribution in [0, 0.1) is 11.8 Å². The van der Waals surface area contributed by atoms with E-state index in [1.807, 2.05) is 13.8 Å². The first-order chi connectivity index (χ1) is 9.49. The summed E-state index contributed by atoms with van der Waals surface area (Å²) in [6.45, 7) is 7.42. The number of fused-ring (bicyclic) bond motifs is 1. The summed E-state index contributed by atoms with van der Waals surface area (Å²) < 4.78 is 6.27. The van der Waals surface area contributed by atoms with Crippen LogP contribution in [0.4, 0.5) is 0 Å². The first kappa shape index (κ1) is 12.8. The van der Waals surface area contributed by atoms with Gasteiger partial charge in [0.15, 0.2) is 5.79 Å². The van der Waals surface area contributed by atoms with Gasteiger partial charge < -0.3 is 4.74 Å². The van der Waals surface area contributed by atoms with Gasteiger partial charge >= 0.3 is 0 Å². The van der Waals surface area contributed by atoms with Crippen molar-refractivity contribution in [1.29, 1.82) is 0 Å². The highest BCUT2D eigenvalue weighted by Crippen LogP contribution is 2.59. The third-order valence-electron chi connectivity index (χ3n) is 5.33. The summed E-state index contributed by atoms with van der Waals surface area (Å²) in [5.74, 6) is 1.53. The number of piperidine rings is 1. The van der Waals surface area contributed by atoms with Crippen LogP contribution in [0.2, 0.25) is 0 Å². The lowest BCUT2D eigenvalue weighted by Gasteiger charge is -2.34. The maximum absolute atomic E-state index is 6.27. The minimum absolute atomic E-state index is 0.151. The molecule has 108 valence electrons. The lowest BCUT2D eigenvalue weighted by Crippen LogP contribution is -2.42. The number of hydroxylamine groups is 2. The first-order valence-electron chi connectivity index (χ1n) is 7.71. The van der Waals surface area contributed by atoms with Crippen molar-refractivity contribution in [3.05, 3.63) is 35.9 Å². The number of hydrogen-bond donors (Lipinski definition) is 0. The second-order valence-electron chi connectivity index (χ2n) is 7.13. The van der Waals surface area contributed by atoms with Gasteiger partial charge in [-0.25, -0.2) is 0 Å². The average Bonchev–Trinajstić information content (AvgIpc) is 2.99. The smallest absolute Gasteiger partial charge is 0.184 e. The van der Waals surface area contributed by atoms with E-state index in [0.29, 0.717) is 17.8 Å². The molecule has 0 aromatic heterocycles. The highest BCUT2D eigenvalue weighted by atomic mass is 16.9. The number of rotatable bonds is 2. The Hall–Kier alpha value is -0.900. The highest BCUT2D eigenvalue weighted by molar-refractivity contribution is 5.22. The average molecular weight is 273 g/mol. The summed E-state index contributed by atoms with van der Waals surface area (Å²) in [4.78, 5) is 5.94. The van der Waals surface area contributed by atoms with Gasteiger partial charge in [-0.1, -0.05) is 37.3 Å². The van der Waals surface area contributed by atoms with E-state index < -0.39 is 5.79 Å². The first-order valence-corrected chi connectivity index (χ1v) is 7.71. The third kappa shape index (κ3) is 1.77. The molecular weight excluding hydrogens is 250 g/mol. The molecule has 1 aromatic rings. The molecule has 1 aromatic carbocycles. The van der Waals surface area contributed by atoms with Gasteiger partial charge in [0.05, 0.1) is 0 Å². The number of benzene rings is 1. The Bertz CT molecular complexity index is 515. The molecule has 1 saturated carbocycles. The van der Waals surface area contributed by atoms with Crippen molar-refractivity contribution in [2.75, 3.05) is 6.54 Å². The van der Waals surface area contributed by atoms with Gasteiger partial charge in [-0.2, -0.15) is 5.06 Å². The van der Waals surface area contributed by atoms with Crippen molar-refractivity contribution in [3.63, 3.8) is 0 Å². The van der Waals surface area contributed by atoms with Crippen molar-refractivity contribution >= 4 is 0 Å². The molecule has 20 heavy (non-hydrogen) atoms. The van der Waals surface area contributed by atoms with Crippen LogP contribution >= 0.6 is 0 Å². The fourth-order valence-corrected chi connectivity index (χ4v) is 4.55. The standard InChI is InChI=1S/C17H23NO2/c1-12(13-7-5-4-6-8-13)15-10-17-9-14(15)11-18(17)20-16(2,3)19-17/h4-8,12,14-15H,9-11H2,1-3H3/t12?,14?,15-,17-/m1/s1. The van der Waals surface area contributed by atoms with Crippen molar-refractivity contribution in [2.24, 2.45) is 11.8 Å². The minimum Gasteiger partial charge on any atom is -0.326 e. The third-order valence-corrected chi connectivity index (χ3v) is 5.33. The minimum atomic E-state index is -0.462. The lowest BCUT2D eigenvalue weighted by atomic mass is 9.80. The summed E-state index contributed by atoms with van der Waals surface area (Å²) in [5, 5.41) is 2.12. The zero-order valence-corrected chi connectivity index (χ0v) is 12.5. The molecule has 3 fully saturated rings. The fraction of sp³-hybridized carbons (Fsp3) is 0.647. The second kappa shape index (κ2) is 4.06. The van der Waals surface area contributed by atoms with Gasteiger partial charge in [0.25, 0.3) is 0 Å². The topological polar surface area (TPSA) is 21.7 Å². The SMILES string of the molecule is CC(c1ccccc1)[C@H]1C[C@]23CC1CN2OC(C)(C)O3. The summed E-state index contributed by atoms with van der Waals surface area (Å²) in [7, 11) is 0. The van der Waals surface area contributed by atoms with E-state index in [0.717, 1.165) is 19.4 Å². The molecule has 3 aliphatic rings. The van der Waals surface area contributed by atoms with Crippen molar-refractivity contribution in [2.45, 2.75) is 51.0 Å². The predicted molar refractivity (Wildman–Crippen MR) is 76.8 cm³/mol. The lowest BCUT2D eigenvalue weighted by molar-refractivity contribution is -0.220. The maximum Gasteiger partial charge on any atom is 0.184 e.